The van der Waals surface area contributed by atoms with Crippen LogP contribution >= 0.6 is 0 Å². The number of anilines is 1. The van der Waals surface area contributed by atoms with Gasteiger partial charge in [0.05, 0.1) is 10.5 Å². The number of benzene rings is 1. The van der Waals surface area contributed by atoms with Crippen molar-refractivity contribution in [2.24, 2.45) is 0 Å². The highest BCUT2D eigenvalue weighted by molar-refractivity contribution is 5.91. The standard InChI is InChI=1S/C9H6F4N2O3/c1-4(16)14-8-6(10)2-5(9(11,12)13)3-7(8)15(17)18/h2-3H,1H3,(H,14,16). The van der Waals surface area contributed by atoms with Crippen LogP contribution in [0.5, 0.6) is 0 Å². The number of hydrogen-bond donors (Lipinski definition) is 1. The van der Waals surface area contributed by atoms with Gasteiger partial charge in [-0.15, -0.1) is 0 Å². The summed E-state index contributed by atoms with van der Waals surface area (Å²) in [6.45, 7) is 0.945. The molecule has 1 rings (SSSR count). The second kappa shape index (κ2) is 4.59. The summed E-state index contributed by atoms with van der Waals surface area (Å²) >= 11 is 0. The van der Waals surface area contributed by atoms with E-state index in [1.807, 2.05) is 0 Å². The Kier molecular flexibility index (Phi) is 3.54. The summed E-state index contributed by atoms with van der Waals surface area (Å²) in [7, 11) is 0. The van der Waals surface area contributed by atoms with Gasteiger partial charge in [-0.05, 0) is 6.07 Å². The third-order valence-corrected chi connectivity index (χ3v) is 1.89. The molecule has 18 heavy (non-hydrogen) atoms. The number of alkyl halides is 3. The first-order chi connectivity index (χ1) is 8.12. The van der Waals surface area contributed by atoms with E-state index in [0.717, 1.165) is 6.92 Å². The molecule has 9 heteroatoms. The van der Waals surface area contributed by atoms with Gasteiger partial charge in [-0.3, -0.25) is 14.9 Å². The molecular formula is C9H6F4N2O3. The lowest BCUT2D eigenvalue weighted by Crippen LogP contribution is -2.13. The predicted octanol–water partition coefficient (Wildman–Crippen LogP) is 2.71. The van der Waals surface area contributed by atoms with Crippen molar-refractivity contribution >= 4 is 17.3 Å². The van der Waals surface area contributed by atoms with Crippen LogP contribution in [0, 0.1) is 15.9 Å². The van der Waals surface area contributed by atoms with Gasteiger partial charge in [0.15, 0.2) is 11.5 Å². The lowest BCUT2D eigenvalue weighted by molar-refractivity contribution is -0.384. The molecule has 98 valence electrons. The fourth-order valence-corrected chi connectivity index (χ4v) is 1.20. The van der Waals surface area contributed by atoms with Crippen molar-refractivity contribution in [3.63, 3.8) is 0 Å². The molecule has 1 aromatic carbocycles. The number of halogens is 4. The molecule has 5 nitrogen and oxygen atoms in total. The number of rotatable bonds is 2. The van der Waals surface area contributed by atoms with E-state index in [1.165, 1.54) is 0 Å². The lowest BCUT2D eigenvalue weighted by atomic mass is 10.1. The number of amides is 1. The maximum atomic E-state index is 13.3. The van der Waals surface area contributed by atoms with E-state index >= 15 is 0 Å². The Hall–Kier alpha value is -2.19. The van der Waals surface area contributed by atoms with Gasteiger partial charge in [-0.2, -0.15) is 13.2 Å². The second-order valence-electron chi connectivity index (χ2n) is 3.29. The van der Waals surface area contributed by atoms with Crippen molar-refractivity contribution in [1.29, 1.82) is 0 Å². The molecule has 0 fully saturated rings. The van der Waals surface area contributed by atoms with Crippen molar-refractivity contribution in [3.05, 3.63) is 33.6 Å². The molecule has 0 atom stereocenters. The number of carbonyl (C=O) groups excluding carboxylic acids is 1. The lowest BCUT2D eigenvalue weighted by Gasteiger charge is -2.10. The van der Waals surface area contributed by atoms with Gasteiger partial charge >= 0.3 is 6.18 Å². The number of nitrogens with one attached hydrogen (secondary N) is 1. The SMILES string of the molecule is CC(=O)Nc1c(F)cc(C(F)(F)F)cc1[N+](=O)[O-]. The summed E-state index contributed by atoms with van der Waals surface area (Å²) in [5.41, 5.74) is -3.54. The van der Waals surface area contributed by atoms with Gasteiger partial charge in [0.2, 0.25) is 5.91 Å². The number of nitro groups is 1. The fraction of sp³-hybridized carbons (Fsp3) is 0.222. The molecule has 0 saturated carbocycles. The summed E-state index contributed by atoms with van der Waals surface area (Å²) in [4.78, 5) is 20.0. The monoisotopic (exact) mass is 266 g/mol. The first-order valence-electron chi connectivity index (χ1n) is 4.45. The van der Waals surface area contributed by atoms with Crippen LogP contribution in [0.4, 0.5) is 28.9 Å². The van der Waals surface area contributed by atoms with Crippen molar-refractivity contribution in [3.8, 4) is 0 Å². The van der Waals surface area contributed by atoms with Gasteiger partial charge in [-0.25, -0.2) is 4.39 Å². The Labute approximate surface area is 97.6 Å². The van der Waals surface area contributed by atoms with Crippen LogP contribution in [-0.4, -0.2) is 10.8 Å². The molecular weight excluding hydrogens is 260 g/mol. The van der Waals surface area contributed by atoms with E-state index in [1.54, 1.807) is 5.32 Å². The number of nitrogens with zero attached hydrogens (tertiary/aromatic N) is 1. The summed E-state index contributed by atoms with van der Waals surface area (Å²) in [6.07, 6.45) is -4.92. The zero-order valence-corrected chi connectivity index (χ0v) is 8.84. The molecule has 1 amide bonds. The van der Waals surface area contributed by atoms with E-state index in [4.69, 9.17) is 0 Å². The Morgan fingerprint density at radius 2 is 1.94 bits per heavy atom. The Morgan fingerprint density at radius 3 is 2.33 bits per heavy atom. The van der Waals surface area contributed by atoms with Crippen molar-refractivity contribution in [2.45, 2.75) is 13.1 Å². The normalized spacial score (nSPS) is 11.2. The topological polar surface area (TPSA) is 72.2 Å². The molecule has 0 spiro atoms. The molecule has 0 heterocycles. The van der Waals surface area contributed by atoms with Gasteiger partial charge < -0.3 is 5.32 Å². The smallest absolute Gasteiger partial charge is 0.318 e. The zero-order valence-electron chi connectivity index (χ0n) is 8.84. The van der Waals surface area contributed by atoms with Crippen LogP contribution in [0.15, 0.2) is 12.1 Å². The summed E-state index contributed by atoms with van der Waals surface area (Å²) in [5.74, 6) is -2.36. The third kappa shape index (κ3) is 2.93. The Morgan fingerprint density at radius 1 is 1.39 bits per heavy atom. The van der Waals surface area contributed by atoms with Crippen LogP contribution < -0.4 is 5.32 Å². The molecule has 0 bridgehead atoms. The third-order valence-electron chi connectivity index (χ3n) is 1.89. The number of nitro benzene ring substituents is 1. The molecule has 0 radical (unpaired) electrons. The molecule has 0 unspecified atom stereocenters. The van der Waals surface area contributed by atoms with Crippen molar-refractivity contribution < 1.29 is 27.3 Å². The molecule has 0 aliphatic carbocycles. The van der Waals surface area contributed by atoms with E-state index in [0.29, 0.717) is 0 Å². The zero-order chi connectivity index (χ0) is 14.1. The largest absolute Gasteiger partial charge is 0.416 e. The van der Waals surface area contributed by atoms with Crippen molar-refractivity contribution in [2.75, 3.05) is 5.32 Å². The van der Waals surface area contributed by atoms with E-state index in [2.05, 4.69) is 0 Å². The van der Waals surface area contributed by atoms with Crippen LogP contribution in [0.3, 0.4) is 0 Å². The number of carbonyl (C=O) groups is 1. The molecule has 1 N–H and O–H groups in total. The summed E-state index contributed by atoms with van der Waals surface area (Å²) in [5, 5.41) is 12.3. The molecule has 0 aromatic heterocycles. The van der Waals surface area contributed by atoms with E-state index < -0.39 is 39.8 Å². The average molecular weight is 266 g/mol. The van der Waals surface area contributed by atoms with Gasteiger partial charge in [-0.1, -0.05) is 0 Å². The highest BCUT2D eigenvalue weighted by Crippen LogP contribution is 2.36. The molecule has 1 aromatic rings. The van der Waals surface area contributed by atoms with E-state index in [-0.39, 0.29) is 12.1 Å². The molecule has 0 aliphatic heterocycles. The van der Waals surface area contributed by atoms with Crippen LogP contribution in [0.1, 0.15) is 12.5 Å². The van der Waals surface area contributed by atoms with Crippen LogP contribution in [0.2, 0.25) is 0 Å². The highest BCUT2D eigenvalue weighted by atomic mass is 19.4. The minimum atomic E-state index is -4.92. The number of hydrogen-bond acceptors (Lipinski definition) is 3. The van der Waals surface area contributed by atoms with Gasteiger partial charge in [0.1, 0.15) is 0 Å². The molecule has 0 aliphatic rings. The van der Waals surface area contributed by atoms with Crippen LogP contribution in [-0.2, 0) is 11.0 Å². The quantitative estimate of drug-likeness (QED) is 0.508. The maximum absolute atomic E-state index is 13.3. The predicted molar refractivity (Wildman–Crippen MR) is 52.4 cm³/mol. The minimum absolute atomic E-state index is 0.0816. The Bertz CT molecular complexity index is 513. The molecule has 0 saturated heterocycles. The van der Waals surface area contributed by atoms with Crippen LogP contribution in [0.25, 0.3) is 0 Å². The first-order valence-corrected chi connectivity index (χ1v) is 4.45. The van der Waals surface area contributed by atoms with Crippen molar-refractivity contribution in [1.82, 2.24) is 0 Å². The minimum Gasteiger partial charge on any atom is -0.318 e. The fourth-order valence-electron chi connectivity index (χ4n) is 1.20. The highest BCUT2D eigenvalue weighted by Gasteiger charge is 2.35. The summed E-state index contributed by atoms with van der Waals surface area (Å²) in [6, 6.07) is 0.243. The maximum Gasteiger partial charge on any atom is 0.416 e. The summed E-state index contributed by atoms with van der Waals surface area (Å²) < 4.78 is 50.3. The Balaban J connectivity index is 3.45. The van der Waals surface area contributed by atoms with Gasteiger partial charge in [0, 0.05) is 13.0 Å². The van der Waals surface area contributed by atoms with E-state index in [9.17, 15) is 32.5 Å². The first kappa shape index (κ1) is 13.9. The van der Waals surface area contributed by atoms with Gasteiger partial charge in [0.25, 0.3) is 5.69 Å². The second-order valence-corrected chi connectivity index (χ2v) is 3.29. The average Bonchev–Trinajstić information content (AvgIpc) is 2.17.